The molecule has 0 atom stereocenters. The van der Waals surface area contributed by atoms with Gasteiger partial charge in [0, 0.05) is 12.1 Å². The SMILES string of the molecule is COc1cc2c(=O)c3c(O)c4c(cc3oc2cc1O)OC(C)(C)C=C4. The Hall–Kier alpha value is -3.15. The molecule has 0 radical (unpaired) electrons. The summed E-state index contributed by atoms with van der Waals surface area (Å²) in [4.78, 5) is 12.9. The van der Waals surface area contributed by atoms with Crippen LogP contribution in [0.25, 0.3) is 28.0 Å². The number of fused-ring (bicyclic) bond motifs is 3. The van der Waals surface area contributed by atoms with Gasteiger partial charge in [0.25, 0.3) is 0 Å². The molecule has 0 amide bonds. The van der Waals surface area contributed by atoms with Crippen molar-refractivity contribution in [1.82, 2.24) is 0 Å². The third kappa shape index (κ3) is 2.21. The molecule has 0 spiro atoms. The molecule has 6 nitrogen and oxygen atoms in total. The first kappa shape index (κ1) is 15.4. The summed E-state index contributed by atoms with van der Waals surface area (Å²) in [6.45, 7) is 3.77. The van der Waals surface area contributed by atoms with Gasteiger partial charge < -0.3 is 24.1 Å². The molecule has 25 heavy (non-hydrogen) atoms. The van der Waals surface area contributed by atoms with Gasteiger partial charge in [-0.2, -0.15) is 0 Å². The third-order valence-corrected chi connectivity index (χ3v) is 4.26. The van der Waals surface area contributed by atoms with Crippen molar-refractivity contribution in [2.24, 2.45) is 0 Å². The number of rotatable bonds is 1. The van der Waals surface area contributed by atoms with Gasteiger partial charge in [0.05, 0.1) is 18.1 Å². The predicted octanol–water partition coefficient (Wildman–Crippen LogP) is 3.55. The molecule has 0 saturated heterocycles. The van der Waals surface area contributed by atoms with Gasteiger partial charge in [-0.15, -0.1) is 0 Å². The topological polar surface area (TPSA) is 89.1 Å². The average molecular weight is 340 g/mol. The molecule has 6 heteroatoms. The second-order valence-corrected chi connectivity index (χ2v) is 6.50. The highest BCUT2D eigenvalue weighted by Crippen LogP contribution is 2.42. The Bertz CT molecular complexity index is 1120. The molecule has 4 rings (SSSR count). The monoisotopic (exact) mass is 340 g/mol. The summed E-state index contributed by atoms with van der Waals surface area (Å²) in [6.07, 6.45) is 3.54. The highest BCUT2D eigenvalue weighted by atomic mass is 16.5. The zero-order valence-electron chi connectivity index (χ0n) is 13.9. The summed E-state index contributed by atoms with van der Waals surface area (Å²) in [5, 5.41) is 20.8. The Morgan fingerprint density at radius 3 is 2.60 bits per heavy atom. The van der Waals surface area contributed by atoms with Crippen molar-refractivity contribution in [3.8, 4) is 23.0 Å². The number of methoxy groups -OCH3 is 1. The standard InChI is InChI=1S/C19H16O6/c1-19(2)5-4-9-13(25-19)8-15-16(17(9)21)18(22)10-6-14(23-3)11(20)7-12(10)24-15/h4-8,20-21H,1-3H3. The fourth-order valence-electron chi connectivity index (χ4n) is 3.01. The first-order chi connectivity index (χ1) is 11.8. The van der Waals surface area contributed by atoms with E-state index in [2.05, 4.69) is 0 Å². The van der Waals surface area contributed by atoms with E-state index in [0.29, 0.717) is 11.3 Å². The molecule has 128 valence electrons. The van der Waals surface area contributed by atoms with Crippen molar-refractivity contribution in [2.75, 3.05) is 7.11 Å². The average Bonchev–Trinajstić information content (AvgIpc) is 2.53. The minimum atomic E-state index is -0.532. The van der Waals surface area contributed by atoms with Crippen molar-refractivity contribution in [3.05, 3.63) is 40.1 Å². The Balaban J connectivity index is 2.12. The van der Waals surface area contributed by atoms with Crippen molar-refractivity contribution in [2.45, 2.75) is 19.4 Å². The van der Waals surface area contributed by atoms with Crippen LogP contribution >= 0.6 is 0 Å². The van der Waals surface area contributed by atoms with E-state index in [1.165, 1.54) is 19.2 Å². The van der Waals surface area contributed by atoms with Crippen LogP contribution in [0.2, 0.25) is 0 Å². The van der Waals surface area contributed by atoms with Crippen LogP contribution in [0.5, 0.6) is 23.0 Å². The fourth-order valence-corrected chi connectivity index (χ4v) is 3.01. The van der Waals surface area contributed by atoms with Crippen LogP contribution in [0.4, 0.5) is 0 Å². The normalized spacial score (nSPS) is 15.2. The van der Waals surface area contributed by atoms with Crippen molar-refractivity contribution < 1.29 is 24.1 Å². The van der Waals surface area contributed by atoms with Gasteiger partial charge in [-0.3, -0.25) is 4.79 Å². The summed E-state index contributed by atoms with van der Waals surface area (Å²) in [6, 6.07) is 4.29. The van der Waals surface area contributed by atoms with Gasteiger partial charge in [-0.05, 0) is 32.1 Å². The second-order valence-electron chi connectivity index (χ2n) is 6.50. The molecule has 0 aliphatic carbocycles. The first-order valence-electron chi connectivity index (χ1n) is 7.72. The van der Waals surface area contributed by atoms with Gasteiger partial charge in [0.1, 0.15) is 33.7 Å². The molecule has 0 bridgehead atoms. The molecular formula is C19H16O6. The smallest absolute Gasteiger partial charge is 0.204 e. The van der Waals surface area contributed by atoms with Crippen LogP contribution in [0.1, 0.15) is 19.4 Å². The second kappa shape index (κ2) is 4.92. The number of aromatic hydroxyl groups is 2. The molecule has 2 heterocycles. The van der Waals surface area contributed by atoms with Crippen LogP contribution in [-0.2, 0) is 0 Å². The molecular weight excluding hydrogens is 324 g/mol. The first-order valence-corrected chi connectivity index (χ1v) is 7.72. The van der Waals surface area contributed by atoms with Gasteiger partial charge >= 0.3 is 0 Å². The van der Waals surface area contributed by atoms with E-state index in [0.717, 1.165) is 0 Å². The number of phenolic OH excluding ortho intramolecular Hbond substituents is 2. The lowest BCUT2D eigenvalue weighted by atomic mass is 9.99. The maximum absolute atomic E-state index is 12.9. The molecule has 2 aromatic carbocycles. The highest BCUT2D eigenvalue weighted by molar-refractivity contribution is 5.97. The molecule has 0 saturated carbocycles. The summed E-state index contributed by atoms with van der Waals surface area (Å²) < 4.78 is 16.6. The Kier molecular flexibility index (Phi) is 3.03. The lowest BCUT2D eigenvalue weighted by molar-refractivity contribution is 0.158. The van der Waals surface area contributed by atoms with Crippen molar-refractivity contribution in [1.29, 1.82) is 0 Å². The van der Waals surface area contributed by atoms with Gasteiger partial charge in [-0.25, -0.2) is 0 Å². The molecule has 2 N–H and O–H groups in total. The Morgan fingerprint density at radius 2 is 1.88 bits per heavy atom. The van der Waals surface area contributed by atoms with Crippen molar-refractivity contribution in [3.63, 3.8) is 0 Å². The number of phenols is 2. The van der Waals surface area contributed by atoms with Crippen LogP contribution < -0.4 is 14.9 Å². The Labute approximate surface area is 142 Å². The van der Waals surface area contributed by atoms with Gasteiger partial charge in [0.15, 0.2) is 11.5 Å². The Morgan fingerprint density at radius 1 is 1.12 bits per heavy atom. The van der Waals surface area contributed by atoms with Crippen LogP contribution in [-0.4, -0.2) is 22.9 Å². The van der Waals surface area contributed by atoms with E-state index in [1.807, 2.05) is 19.9 Å². The van der Waals surface area contributed by atoms with Crippen LogP contribution in [0.3, 0.4) is 0 Å². The fraction of sp³-hybridized carbons (Fsp3) is 0.211. The predicted molar refractivity (Wildman–Crippen MR) is 93.6 cm³/mol. The largest absolute Gasteiger partial charge is 0.506 e. The molecule has 3 aromatic rings. The van der Waals surface area contributed by atoms with E-state index in [9.17, 15) is 15.0 Å². The number of ether oxygens (including phenoxy) is 2. The quantitative estimate of drug-likeness (QED) is 0.659. The summed E-state index contributed by atoms with van der Waals surface area (Å²) >= 11 is 0. The third-order valence-electron chi connectivity index (χ3n) is 4.26. The minimum Gasteiger partial charge on any atom is -0.506 e. The minimum absolute atomic E-state index is 0.0620. The summed E-state index contributed by atoms with van der Waals surface area (Å²) in [5.74, 6) is 0.251. The lowest BCUT2D eigenvalue weighted by Crippen LogP contribution is -2.27. The number of hydrogen-bond donors (Lipinski definition) is 2. The lowest BCUT2D eigenvalue weighted by Gasteiger charge is -2.28. The van der Waals surface area contributed by atoms with E-state index >= 15 is 0 Å². The maximum Gasteiger partial charge on any atom is 0.204 e. The summed E-state index contributed by atoms with van der Waals surface area (Å²) in [7, 11) is 1.39. The highest BCUT2D eigenvalue weighted by Gasteiger charge is 2.26. The number of benzene rings is 2. The molecule has 1 aliphatic rings. The van der Waals surface area contributed by atoms with E-state index in [4.69, 9.17) is 13.9 Å². The number of hydrogen-bond acceptors (Lipinski definition) is 6. The molecule has 0 fully saturated rings. The zero-order valence-corrected chi connectivity index (χ0v) is 13.9. The molecule has 1 aromatic heterocycles. The van der Waals surface area contributed by atoms with Crippen LogP contribution in [0, 0.1) is 0 Å². The molecule has 0 unspecified atom stereocenters. The van der Waals surface area contributed by atoms with Crippen LogP contribution in [0.15, 0.2) is 33.5 Å². The van der Waals surface area contributed by atoms with Crippen molar-refractivity contribution >= 4 is 28.0 Å². The summed E-state index contributed by atoms with van der Waals surface area (Å²) in [5.41, 5.74) is -0.127. The van der Waals surface area contributed by atoms with Gasteiger partial charge in [-0.1, -0.05) is 0 Å². The molecule has 1 aliphatic heterocycles. The maximum atomic E-state index is 12.9. The van der Waals surface area contributed by atoms with Gasteiger partial charge in [0.2, 0.25) is 5.43 Å². The van der Waals surface area contributed by atoms with E-state index in [-0.39, 0.29) is 39.2 Å². The zero-order chi connectivity index (χ0) is 17.9. The van der Waals surface area contributed by atoms with E-state index < -0.39 is 11.0 Å². The van der Waals surface area contributed by atoms with E-state index in [1.54, 1.807) is 12.1 Å².